The fraction of sp³-hybridized carbons (Fsp3) is 0.200. The molecule has 0 radical (unpaired) electrons. The Morgan fingerprint density at radius 3 is 2.80 bits per heavy atom. The van der Waals surface area contributed by atoms with Crippen molar-refractivity contribution in [3.8, 4) is 11.5 Å². The van der Waals surface area contributed by atoms with E-state index in [2.05, 4.69) is 15.3 Å². The molecule has 2 N–H and O–H groups in total. The van der Waals surface area contributed by atoms with Crippen molar-refractivity contribution < 1.29 is 22.7 Å². The van der Waals surface area contributed by atoms with E-state index in [-0.39, 0.29) is 32.7 Å². The van der Waals surface area contributed by atoms with Crippen molar-refractivity contribution in [1.82, 2.24) is 9.97 Å². The molecule has 0 amide bonds. The van der Waals surface area contributed by atoms with Crippen molar-refractivity contribution in [2.45, 2.75) is 24.1 Å². The lowest BCUT2D eigenvalue weighted by atomic mass is 10.1. The van der Waals surface area contributed by atoms with Gasteiger partial charge in [0.05, 0.1) is 42.0 Å². The van der Waals surface area contributed by atoms with E-state index in [4.69, 9.17) is 21.1 Å². The van der Waals surface area contributed by atoms with Gasteiger partial charge in [-0.2, -0.15) is 0 Å². The molecule has 0 atom stereocenters. The van der Waals surface area contributed by atoms with Gasteiger partial charge in [-0.15, -0.1) is 0 Å². The van der Waals surface area contributed by atoms with Crippen molar-refractivity contribution >= 4 is 33.1 Å². The summed E-state index contributed by atoms with van der Waals surface area (Å²) < 4.78 is 37.0. The highest BCUT2D eigenvalue weighted by Gasteiger charge is 2.31. The van der Waals surface area contributed by atoms with Crippen molar-refractivity contribution in [3.05, 3.63) is 64.2 Å². The second-order valence-electron chi connectivity index (χ2n) is 6.85. The first-order chi connectivity index (χ1) is 14.3. The predicted octanol–water partition coefficient (Wildman–Crippen LogP) is 3.85. The molecule has 1 aliphatic heterocycles. The number of fused-ring (bicyclic) bond motifs is 2. The SMILES string of the molecule is COC(=O)c1cc(C)c2c(c1)S(=O)(=O)Cc1cc(NCc3cnc[nH]3)cc(Cl)c1O2. The minimum absolute atomic E-state index is 0.0675. The number of aromatic amines is 1. The minimum atomic E-state index is -3.81. The zero-order chi connectivity index (χ0) is 21.5. The van der Waals surface area contributed by atoms with Gasteiger partial charge in [-0.05, 0) is 36.8 Å². The molecule has 2 heterocycles. The summed E-state index contributed by atoms with van der Waals surface area (Å²) in [6, 6.07) is 6.17. The van der Waals surface area contributed by atoms with Crippen molar-refractivity contribution in [1.29, 1.82) is 0 Å². The van der Waals surface area contributed by atoms with Crippen molar-refractivity contribution in [2.75, 3.05) is 12.4 Å². The van der Waals surface area contributed by atoms with Crippen LogP contribution in [0.5, 0.6) is 11.5 Å². The molecule has 10 heteroatoms. The number of nitrogens with one attached hydrogen (secondary N) is 2. The first-order valence-corrected chi connectivity index (χ1v) is 11.0. The number of H-pyrrole nitrogens is 1. The lowest BCUT2D eigenvalue weighted by molar-refractivity contribution is 0.0600. The third kappa shape index (κ3) is 3.73. The van der Waals surface area contributed by atoms with E-state index in [0.29, 0.717) is 23.4 Å². The van der Waals surface area contributed by atoms with E-state index in [1.54, 1.807) is 31.6 Å². The summed E-state index contributed by atoms with van der Waals surface area (Å²) in [4.78, 5) is 18.8. The number of ether oxygens (including phenoxy) is 2. The van der Waals surface area contributed by atoms with Crippen LogP contribution in [0.15, 0.2) is 41.7 Å². The third-order valence-electron chi connectivity index (χ3n) is 4.70. The standard InChI is InChI=1S/C20H18ClN3O5S/c1-11-3-12(20(25)28-2)5-17-18(11)29-19-13(9-30(17,26)27)4-14(6-16(19)21)23-8-15-7-22-10-24-15/h3-7,10,23H,8-9H2,1-2H3,(H,22,24). The molecule has 0 spiro atoms. The number of methoxy groups -OCH3 is 1. The average Bonchev–Trinajstić information content (AvgIpc) is 3.18. The van der Waals surface area contributed by atoms with E-state index < -0.39 is 15.8 Å². The average molecular weight is 448 g/mol. The summed E-state index contributed by atoms with van der Waals surface area (Å²) >= 11 is 6.44. The summed E-state index contributed by atoms with van der Waals surface area (Å²) in [6.07, 6.45) is 3.26. The first kappa shape index (κ1) is 20.2. The van der Waals surface area contributed by atoms with Gasteiger partial charge in [0.1, 0.15) is 16.4 Å². The molecule has 0 bridgehead atoms. The second-order valence-corrected chi connectivity index (χ2v) is 9.22. The maximum atomic E-state index is 13.1. The van der Waals surface area contributed by atoms with E-state index in [1.807, 2.05) is 0 Å². The minimum Gasteiger partial charge on any atom is -0.465 e. The maximum Gasteiger partial charge on any atom is 0.337 e. The predicted molar refractivity (Wildman–Crippen MR) is 111 cm³/mol. The van der Waals surface area contributed by atoms with Gasteiger partial charge in [0, 0.05) is 17.4 Å². The van der Waals surface area contributed by atoms with E-state index in [1.165, 1.54) is 19.2 Å². The van der Waals surface area contributed by atoms with Crippen LogP contribution < -0.4 is 10.1 Å². The van der Waals surface area contributed by atoms with Crippen LogP contribution in [0, 0.1) is 6.92 Å². The topological polar surface area (TPSA) is 110 Å². The van der Waals surface area contributed by atoms with Gasteiger partial charge in [-0.25, -0.2) is 18.2 Å². The molecule has 156 valence electrons. The van der Waals surface area contributed by atoms with Crippen LogP contribution >= 0.6 is 11.6 Å². The number of esters is 1. The van der Waals surface area contributed by atoms with Gasteiger partial charge in [0.2, 0.25) is 0 Å². The molecule has 0 saturated carbocycles. The monoisotopic (exact) mass is 447 g/mol. The van der Waals surface area contributed by atoms with Crippen LogP contribution in [0.2, 0.25) is 5.02 Å². The smallest absolute Gasteiger partial charge is 0.337 e. The Morgan fingerprint density at radius 1 is 1.30 bits per heavy atom. The Bertz CT molecular complexity index is 1240. The third-order valence-corrected chi connectivity index (χ3v) is 6.65. The number of benzene rings is 2. The number of carbonyl (C=O) groups is 1. The van der Waals surface area contributed by atoms with Gasteiger partial charge in [-0.3, -0.25) is 0 Å². The quantitative estimate of drug-likeness (QED) is 0.584. The van der Waals surface area contributed by atoms with Gasteiger partial charge >= 0.3 is 5.97 Å². The Balaban J connectivity index is 1.76. The van der Waals surface area contributed by atoms with Crippen LogP contribution in [0.1, 0.15) is 27.2 Å². The molecule has 1 aliphatic rings. The molecule has 30 heavy (non-hydrogen) atoms. The fourth-order valence-electron chi connectivity index (χ4n) is 3.28. The summed E-state index contributed by atoms with van der Waals surface area (Å²) in [5.74, 6) is -0.513. The fourth-order valence-corrected chi connectivity index (χ4v) is 5.12. The number of imidazole rings is 1. The Morgan fingerprint density at radius 2 is 2.10 bits per heavy atom. The normalized spacial score (nSPS) is 14.1. The lowest BCUT2D eigenvalue weighted by Crippen LogP contribution is -2.08. The number of aromatic nitrogens is 2. The lowest BCUT2D eigenvalue weighted by Gasteiger charge is -2.14. The highest BCUT2D eigenvalue weighted by molar-refractivity contribution is 7.90. The van der Waals surface area contributed by atoms with Crippen molar-refractivity contribution in [3.63, 3.8) is 0 Å². The summed E-state index contributed by atoms with van der Waals surface area (Å²) in [6.45, 7) is 2.13. The zero-order valence-electron chi connectivity index (χ0n) is 16.2. The van der Waals surface area contributed by atoms with E-state index >= 15 is 0 Å². The number of aryl methyl sites for hydroxylation is 1. The molecule has 2 aromatic carbocycles. The molecule has 3 aromatic rings. The Labute approximate surface area is 178 Å². The number of sulfone groups is 1. The summed E-state index contributed by atoms with van der Waals surface area (Å²) in [5.41, 5.74) is 2.56. The van der Waals surface area contributed by atoms with Gasteiger partial charge < -0.3 is 19.8 Å². The van der Waals surface area contributed by atoms with E-state index in [0.717, 1.165) is 5.69 Å². The highest BCUT2D eigenvalue weighted by atomic mass is 35.5. The molecule has 8 nitrogen and oxygen atoms in total. The largest absolute Gasteiger partial charge is 0.465 e. The van der Waals surface area contributed by atoms with Crippen LogP contribution in [0.3, 0.4) is 0 Å². The van der Waals surface area contributed by atoms with Crippen molar-refractivity contribution in [2.24, 2.45) is 0 Å². The molecule has 1 aromatic heterocycles. The Kier molecular flexibility index (Phi) is 5.17. The molecule has 0 fully saturated rings. The number of anilines is 1. The summed E-state index contributed by atoms with van der Waals surface area (Å²) in [5, 5.41) is 3.46. The molecular weight excluding hydrogens is 430 g/mol. The van der Waals surface area contributed by atoms with Crippen LogP contribution in [0.4, 0.5) is 5.69 Å². The highest BCUT2D eigenvalue weighted by Crippen LogP contribution is 2.44. The van der Waals surface area contributed by atoms with E-state index in [9.17, 15) is 13.2 Å². The first-order valence-electron chi connectivity index (χ1n) is 8.95. The number of carbonyl (C=O) groups excluding carboxylic acids is 1. The van der Waals surface area contributed by atoms with Crippen LogP contribution in [0.25, 0.3) is 0 Å². The molecule has 0 saturated heterocycles. The summed E-state index contributed by atoms with van der Waals surface area (Å²) in [7, 11) is -2.57. The second kappa shape index (κ2) is 7.66. The number of halogens is 1. The molecule has 0 unspecified atom stereocenters. The van der Waals surface area contributed by atoms with Gasteiger partial charge in [-0.1, -0.05) is 11.6 Å². The number of hydrogen-bond acceptors (Lipinski definition) is 7. The maximum absolute atomic E-state index is 13.1. The Hall–Kier alpha value is -3.04. The molecular formula is C20H18ClN3O5S. The zero-order valence-corrected chi connectivity index (χ0v) is 17.7. The van der Waals surface area contributed by atoms with Gasteiger partial charge in [0.15, 0.2) is 9.84 Å². The van der Waals surface area contributed by atoms with Gasteiger partial charge in [0.25, 0.3) is 0 Å². The van der Waals surface area contributed by atoms with Crippen LogP contribution in [-0.2, 0) is 26.9 Å². The number of rotatable bonds is 4. The molecule has 4 rings (SSSR count). The molecule has 0 aliphatic carbocycles. The number of hydrogen-bond donors (Lipinski definition) is 2. The number of nitrogens with zero attached hydrogens (tertiary/aromatic N) is 1. The van der Waals surface area contributed by atoms with Crippen LogP contribution in [-0.4, -0.2) is 31.5 Å².